The number of carboxylic acid groups (broad SMARTS) is 1. The topological polar surface area (TPSA) is 78.8 Å². The van der Waals surface area contributed by atoms with Gasteiger partial charge in [0.05, 0.1) is 0 Å². The molecule has 0 saturated heterocycles. The van der Waals surface area contributed by atoms with Gasteiger partial charge in [-0.05, 0) is 31.9 Å². The first-order valence-corrected chi connectivity index (χ1v) is 6.40. The van der Waals surface area contributed by atoms with Crippen molar-refractivity contribution in [2.75, 3.05) is 11.9 Å². The van der Waals surface area contributed by atoms with Crippen molar-refractivity contribution in [2.24, 2.45) is 0 Å². The predicted octanol–water partition coefficient (Wildman–Crippen LogP) is 2.07. The van der Waals surface area contributed by atoms with Crippen molar-refractivity contribution in [3.05, 3.63) is 24.3 Å². The summed E-state index contributed by atoms with van der Waals surface area (Å²) in [4.78, 5) is 10.4. The molecule has 0 heterocycles. The highest BCUT2D eigenvalue weighted by atomic mass is 16.5. The lowest BCUT2D eigenvalue weighted by molar-refractivity contribution is -0.137. The minimum Gasteiger partial charge on any atom is -0.481 e. The SMILES string of the molecule is CC#CCOc1cccc(NC(O)CCCC(=O)O)c1. The molecule has 0 aromatic heterocycles. The maximum absolute atomic E-state index is 10.4. The molecular formula is C15H19NO4. The van der Waals surface area contributed by atoms with Crippen molar-refractivity contribution in [3.8, 4) is 17.6 Å². The minimum atomic E-state index is -0.857. The van der Waals surface area contributed by atoms with Crippen LogP contribution in [0.15, 0.2) is 24.3 Å². The van der Waals surface area contributed by atoms with E-state index in [1.165, 1.54) is 0 Å². The summed E-state index contributed by atoms with van der Waals surface area (Å²) >= 11 is 0. The van der Waals surface area contributed by atoms with Gasteiger partial charge in [-0.25, -0.2) is 0 Å². The van der Waals surface area contributed by atoms with Crippen LogP contribution in [-0.2, 0) is 4.79 Å². The predicted molar refractivity (Wildman–Crippen MR) is 76.5 cm³/mol. The lowest BCUT2D eigenvalue weighted by Gasteiger charge is -2.14. The molecule has 1 rings (SSSR count). The molecule has 1 aromatic carbocycles. The summed E-state index contributed by atoms with van der Waals surface area (Å²) in [6, 6.07) is 7.18. The van der Waals surface area contributed by atoms with Gasteiger partial charge in [0.15, 0.2) is 0 Å². The Labute approximate surface area is 118 Å². The van der Waals surface area contributed by atoms with E-state index >= 15 is 0 Å². The summed E-state index contributed by atoms with van der Waals surface area (Å²) in [6.45, 7) is 2.07. The van der Waals surface area contributed by atoms with Gasteiger partial charge in [-0.1, -0.05) is 12.0 Å². The largest absolute Gasteiger partial charge is 0.481 e. The number of ether oxygens (including phenoxy) is 1. The second-order valence-corrected chi connectivity index (χ2v) is 4.19. The maximum Gasteiger partial charge on any atom is 0.303 e. The molecule has 5 heteroatoms. The zero-order valence-corrected chi connectivity index (χ0v) is 11.4. The molecule has 0 saturated carbocycles. The number of aliphatic hydroxyl groups excluding tert-OH is 1. The summed E-state index contributed by atoms with van der Waals surface area (Å²) < 4.78 is 5.41. The Hall–Kier alpha value is -2.19. The molecular weight excluding hydrogens is 258 g/mol. The van der Waals surface area contributed by atoms with Gasteiger partial charge in [-0.15, -0.1) is 5.92 Å². The van der Waals surface area contributed by atoms with Gasteiger partial charge in [-0.3, -0.25) is 4.79 Å². The monoisotopic (exact) mass is 277 g/mol. The van der Waals surface area contributed by atoms with Crippen LogP contribution in [0.25, 0.3) is 0 Å². The van der Waals surface area contributed by atoms with Crippen LogP contribution in [0.3, 0.4) is 0 Å². The Morgan fingerprint density at radius 3 is 3.00 bits per heavy atom. The van der Waals surface area contributed by atoms with Crippen molar-refractivity contribution in [1.29, 1.82) is 0 Å². The zero-order chi connectivity index (χ0) is 14.8. The molecule has 0 spiro atoms. The first-order valence-electron chi connectivity index (χ1n) is 6.40. The third kappa shape index (κ3) is 6.66. The molecule has 0 radical (unpaired) electrons. The number of benzene rings is 1. The Kier molecular flexibility index (Phi) is 7.01. The van der Waals surface area contributed by atoms with E-state index in [4.69, 9.17) is 9.84 Å². The third-order valence-electron chi connectivity index (χ3n) is 2.52. The fourth-order valence-electron chi connectivity index (χ4n) is 1.58. The molecule has 0 fully saturated rings. The fraction of sp³-hybridized carbons (Fsp3) is 0.400. The molecule has 1 unspecified atom stereocenters. The lowest BCUT2D eigenvalue weighted by atomic mass is 10.2. The van der Waals surface area contributed by atoms with E-state index in [0.717, 1.165) is 5.69 Å². The first-order chi connectivity index (χ1) is 9.61. The average molecular weight is 277 g/mol. The molecule has 5 nitrogen and oxygen atoms in total. The molecule has 1 atom stereocenters. The summed E-state index contributed by atoms with van der Waals surface area (Å²) in [5.74, 6) is 5.34. The van der Waals surface area contributed by atoms with Crippen LogP contribution in [0.5, 0.6) is 5.75 Å². The van der Waals surface area contributed by atoms with E-state index in [2.05, 4.69) is 17.2 Å². The second-order valence-electron chi connectivity index (χ2n) is 4.19. The number of hydrogen-bond donors (Lipinski definition) is 3. The fourth-order valence-corrected chi connectivity index (χ4v) is 1.58. The van der Waals surface area contributed by atoms with E-state index in [1.807, 2.05) is 0 Å². The Balaban J connectivity index is 2.43. The summed E-state index contributed by atoms with van der Waals surface area (Å²) in [6.07, 6.45) is 0.0715. The van der Waals surface area contributed by atoms with Crippen molar-refractivity contribution in [3.63, 3.8) is 0 Å². The summed E-state index contributed by atoms with van der Waals surface area (Å²) in [5, 5.41) is 21.2. The van der Waals surface area contributed by atoms with Crippen LogP contribution in [0, 0.1) is 11.8 Å². The van der Waals surface area contributed by atoms with Gasteiger partial charge < -0.3 is 20.3 Å². The second kappa shape index (κ2) is 8.83. The molecule has 20 heavy (non-hydrogen) atoms. The lowest BCUT2D eigenvalue weighted by Crippen LogP contribution is -2.18. The number of anilines is 1. The molecule has 0 aliphatic heterocycles. The number of rotatable bonds is 8. The van der Waals surface area contributed by atoms with E-state index in [9.17, 15) is 9.90 Å². The number of hydrogen-bond acceptors (Lipinski definition) is 4. The normalized spacial score (nSPS) is 11.1. The molecule has 1 aromatic rings. The quantitative estimate of drug-likeness (QED) is 0.501. The van der Waals surface area contributed by atoms with E-state index in [0.29, 0.717) is 25.2 Å². The summed E-state index contributed by atoms with van der Waals surface area (Å²) in [7, 11) is 0. The molecule has 0 amide bonds. The van der Waals surface area contributed by atoms with Crippen LogP contribution in [-0.4, -0.2) is 29.0 Å². The molecule has 0 aliphatic rings. The zero-order valence-electron chi connectivity index (χ0n) is 11.4. The van der Waals surface area contributed by atoms with E-state index < -0.39 is 12.2 Å². The van der Waals surface area contributed by atoms with E-state index in [-0.39, 0.29) is 6.42 Å². The van der Waals surface area contributed by atoms with Crippen molar-refractivity contribution in [2.45, 2.75) is 32.4 Å². The minimum absolute atomic E-state index is 0.0532. The molecule has 3 N–H and O–H groups in total. The van der Waals surface area contributed by atoms with Crippen LogP contribution < -0.4 is 10.1 Å². The highest BCUT2D eigenvalue weighted by Crippen LogP contribution is 2.18. The standard InChI is InChI=1S/C15H19NO4/c1-2-3-10-20-13-7-4-6-12(11-13)16-14(17)8-5-9-15(18)19/h4,6-7,11,14,16-17H,5,8-10H2,1H3,(H,18,19). The smallest absolute Gasteiger partial charge is 0.303 e. The van der Waals surface area contributed by atoms with Gasteiger partial charge in [0.2, 0.25) is 0 Å². The molecule has 0 bridgehead atoms. The van der Waals surface area contributed by atoms with Crippen LogP contribution in [0.1, 0.15) is 26.2 Å². The third-order valence-corrected chi connectivity index (χ3v) is 2.52. The van der Waals surface area contributed by atoms with Crippen LogP contribution >= 0.6 is 0 Å². The maximum atomic E-state index is 10.4. The van der Waals surface area contributed by atoms with Gasteiger partial charge in [0.25, 0.3) is 0 Å². The van der Waals surface area contributed by atoms with Crippen LogP contribution in [0.4, 0.5) is 5.69 Å². The van der Waals surface area contributed by atoms with Crippen molar-refractivity contribution < 1.29 is 19.7 Å². The highest BCUT2D eigenvalue weighted by molar-refractivity contribution is 5.66. The number of carboxylic acids is 1. The molecule has 0 aliphatic carbocycles. The van der Waals surface area contributed by atoms with Crippen molar-refractivity contribution >= 4 is 11.7 Å². The van der Waals surface area contributed by atoms with Crippen LogP contribution in [0.2, 0.25) is 0 Å². The van der Waals surface area contributed by atoms with Gasteiger partial charge in [0.1, 0.15) is 18.6 Å². The Morgan fingerprint density at radius 1 is 1.50 bits per heavy atom. The first kappa shape index (κ1) is 15.9. The summed E-state index contributed by atoms with van der Waals surface area (Å²) in [5.41, 5.74) is 0.717. The van der Waals surface area contributed by atoms with Gasteiger partial charge in [-0.2, -0.15) is 0 Å². The average Bonchev–Trinajstić information content (AvgIpc) is 2.39. The number of aliphatic hydroxyl groups is 1. The number of nitrogens with one attached hydrogen (secondary N) is 1. The highest BCUT2D eigenvalue weighted by Gasteiger charge is 2.06. The van der Waals surface area contributed by atoms with Crippen molar-refractivity contribution in [1.82, 2.24) is 0 Å². The molecule has 108 valence electrons. The number of aliphatic carboxylic acids is 1. The Bertz CT molecular complexity index is 490. The Morgan fingerprint density at radius 2 is 2.30 bits per heavy atom. The van der Waals surface area contributed by atoms with Gasteiger partial charge in [0, 0.05) is 18.2 Å². The van der Waals surface area contributed by atoms with Gasteiger partial charge >= 0.3 is 5.97 Å². The number of carbonyl (C=O) groups is 1. The van der Waals surface area contributed by atoms with E-state index in [1.54, 1.807) is 31.2 Å².